The summed E-state index contributed by atoms with van der Waals surface area (Å²) >= 11 is 0. The third kappa shape index (κ3) is 2.39. The lowest BCUT2D eigenvalue weighted by atomic mass is 10.0. The van der Waals surface area contributed by atoms with Gasteiger partial charge in [-0.3, -0.25) is 0 Å². The standard InChI is InChI=1S/C14H19N3/c1-4-11-5-7-12(8-6-11)14(15-2)13-9-16-10-17(13)3/h5-10,14-15H,4H2,1-3H3. The van der Waals surface area contributed by atoms with Gasteiger partial charge in [0.15, 0.2) is 0 Å². The summed E-state index contributed by atoms with van der Waals surface area (Å²) in [6.07, 6.45) is 4.82. The molecule has 0 fully saturated rings. The second kappa shape index (κ2) is 5.15. The fraction of sp³-hybridized carbons (Fsp3) is 0.357. The Kier molecular flexibility index (Phi) is 3.59. The molecular weight excluding hydrogens is 210 g/mol. The zero-order valence-corrected chi connectivity index (χ0v) is 10.6. The van der Waals surface area contributed by atoms with Gasteiger partial charge in [-0.05, 0) is 24.6 Å². The first-order chi connectivity index (χ1) is 8.26. The summed E-state index contributed by atoms with van der Waals surface area (Å²) in [4.78, 5) is 4.17. The maximum atomic E-state index is 4.17. The predicted octanol–water partition coefficient (Wildman–Crippen LogP) is 2.29. The zero-order valence-electron chi connectivity index (χ0n) is 10.6. The minimum Gasteiger partial charge on any atom is -0.336 e. The molecule has 90 valence electrons. The van der Waals surface area contributed by atoms with Gasteiger partial charge in [0.25, 0.3) is 0 Å². The van der Waals surface area contributed by atoms with Crippen LogP contribution in [0.4, 0.5) is 0 Å². The maximum Gasteiger partial charge on any atom is 0.0946 e. The zero-order chi connectivity index (χ0) is 12.3. The van der Waals surface area contributed by atoms with Crippen LogP contribution in [-0.2, 0) is 13.5 Å². The highest BCUT2D eigenvalue weighted by atomic mass is 15.1. The van der Waals surface area contributed by atoms with Gasteiger partial charge in [0.1, 0.15) is 0 Å². The van der Waals surface area contributed by atoms with Crippen molar-refractivity contribution in [1.82, 2.24) is 14.9 Å². The summed E-state index contributed by atoms with van der Waals surface area (Å²) in [6.45, 7) is 2.17. The molecule has 0 bridgehead atoms. The molecule has 17 heavy (non-hydrogen) atoms. The lowest BCUT2D eigenvalue weighted by Crippen LogP contribution is -2.20. The fourth-order valence-electron chi connectivity index (χ4n) is 2.08. The van der Waals surface area contributed by atoms with Gasteiger partial charge < -0.3 is 9.88 Å². The van der Waals surface area contributed by atoms with Crippen LogP contribution in [0, 0.1) is 0 Å². The number of benzene rings is 1. The van der Waals surface area contributed by atoms with Crippen molar-refractivity contribution in [2.24, 2.45) is 7.05 Å². The minimum absolute atomic E-state index is 0.202. The number of nitrogens with zero attached hydrogens (tertiary/aromatic N) is 2. The number of nitrogens with one attached hydrogen (secondary N) is 1. The van der Waals surface area contributed by atoms with Crippen molar-refractivity contribution >= 4 is 0 Å². The highest BCUT2D eigenvalue weighted by Gasteiger charge is 2.14. The lowest BCUT2D eigenvalue weighted by Gasteiger charge is -2.17. The second-order valence-corrected chi connectivity index (χ2v) is 4.25. The van der Waals surface area contributed by atoms with E-state index >= 15 is 0 Å². The molecule has 2 aromatic rings. The number of aromatic nitrogens is 2. The van der Waals surface area contributed by atoms with Gasteiger partial charge in [0.05, 0.1) is 24.3 Å². The van der Waals surface area contributed by atoms with Gasteiger partial charge in [0, 0.05) is 7.05 Å². The van der Waals surface area contributed by atoms with E-state index in [1.807, 2.05) is 26.6 Å². The van der Waals surface area contributed by atoms with Crippen molar-refractivity contribution in [3.8, 4) is 0 Å². The quantitative estimate of drug-likeness (QED) is 0.871. The molecule has 1 aromatic carbocycles. The van der Waals surface area contributed by atoms with E-state index in [4.69, 9.17) is 0 Å². The third-order valence-corrected chi connectivity index (χ3v) is 3.16. The van der Waals surface area contributed by atoms with Crippen LogP contribution < -0.4 is 5.32 Å². The van der Waals surface area contributed by atoms with Crippen LogP contribution in [0.15, 0.2) is 36.8 Å². The molecule has 1 N–H and O–H groups in total. The molecule has 1 heterocycles. The van der Waals surface area contributed by atoms with Crippen LogP contribution in [0.3, 0.4) is 0 Å². The average Bonchev–Trinajstić information content (AvgIpc) is 2.78. The number of hydrogen-bond acceptors (Lipinski definition) is 2. The molecule has 1 unspecified atom stereocenters. The number of aryl methyl sites for hydroxylation is 2. The molecule has 0 aliphatic heterocycles. The first-order valence-corrected chi connectivity index (χ1v) is 5.98. The summed E-state index contributed by atoms with van der Waals surface area (Å²) in [5, 5.41) is 3.34. The third-order valence-electron chi connectivity index (χ3n) is 3.16. The first kappa shape index (κ1) is 11.9. The normalized spacial score (nSPS) is 12.6. The summed E-state index contributed by atoms with van der Waals surface area (Å²) in [6, 6.07) is 8.96. The van der Waals surface area contributed by atoms with Gasteiger partial charge in [-0.25, -0.2) is 4.98 Å². The summed E-state index contributed by atoms with van der Waals surface area (Å²) in [5.74, 6) is 0. The monoisotopic (exact) mass is 229 g/mol. The summed E-state index contributed by atoms with van der Waals surface area (Å²) < 4.78 is 2.05. The predicted molar refractivity (Wildman–Crippen MR) is 69.9 cm³/mol. The highest BCUT2D eigenvalue weighted by molar-refractivity contribution is 5.30. The van der Waals surface area contributed by atoms with E-state index in [9.17, 15) is 0 Å². The molecule has 1 atom stereocenters. The second-order valence-electron chi connectivity index (χ2n) is 4.25. The van der Waals surface area contributed by atoms with Crippen LogP contribution in [0.25, 0.3) is 0 Å². The Bertz CT molecular complexity index is 470. The van der Waals surface area contributed by atoms with E-state index < -0.39 is 0 Å². The molecule has 0 spiro atoms. The summed E-state index contributed by atoms with van der Waals surface area (Å²) in [5.41, 5.74) is 3.82. The maximum absolute atomic E-state index is 4.17. The van der Waals surface area contributed by atoms with Crippen molar-refractivity contribution in [1.29, 1.82) is 0 Å². The van der Waals surface area contributed by atoms with Gasteiger partial charge >= 0.3 is 0 Å². The molecule has 2 rings (SSSR count). The van der Waals surface area contributed by atoms with E-state index in [1.54, 1.807) is 0 Å². The average molecular weight is 229 g/mol. The van der Waals surface area contributed by atoms with Crippen LogP contribution in [-0.4, -0.2) is 16.6 Å². The smallest absolute Gasteiger partial charge is 0.0946 e. The molecule has 3 nitrogen and oxygen atoms in total. The Hall–Kier alpha value is -1.61. The molecule has 0 aliphatic rings. The van der Waals surface area contributed by atoms with Crippen molar-refractivity contribution in [2.45, 2.75) is 19.4 Å². The number of rotatable bonds is 4. The van der Waals surface area contributed by atoms with Crippen LogP contribution in [0.1, 0.15) is 29.8 Å². The molecule has 3 heteroatoms. The lowest BCUT2D eigenvalue weighted by molar-refractivity contribution is 0.638. The fourth-order valence-corrected chi connectivity index (χ4v) is 2.08. The first-order valence-electron chi connectivity index (χ1n) is 5.98. The number of imidazole rings is 1. The Morgan fingerprint density at radius 3 is 2.47 bits per heavy atom. The van der Waals surface area contributed by atoms with E-state index in [-0.39, 0.29) is 6.04 Å². The van der Waals surface area contributed by atoms with Crippen molar-refractivity contribution in [3.63, 3.8) is 0 Å². The van der Waals surface area contributed by atoms with E-state index in [2.05, 4.69) is 46.1 Å². The Morgan fingerprint density at radius 1 is 1.29 bits per heavy atom. The van der Waals surface area contributed by atoms with E-state index in [0.717, 1.165) is 6.42 Å². The molecule has 1 aromatic heterocycles. The highest BCUT2D eigenvalue weighted by Crippen LogP contribution is 2.21. The van der Waals surface area contributed by atoms with Gasteiger partial charge in [-0.15, -0.1) is 0 Å². The van der Waals surface area contributed by atoms with Crippen LogP contribution in [0.5, 0.6) is 0 Å². The Labute approximate surface area is 103 Å². The van der Waals surface area contributed by atoms with Crippen LogP contribution in [0.2, 0.25) is 0 Å². The molecule has 0 amide bonds. The van der Waals surface area contributed by atoms with Gasteiger partial charge in [-0.2, -0.15) is 0 Å². The molecular formula is C14H19N3. The topological polar surface area (TPSA) is 29.9 Å². The molecule has 0 aliphatic carbocycles. The molecule has 0 saturated heterocycles. The van der Waals surface area contributed by atoms with Gasteiger partial charge in [-0.1, -0.05) is 31.2 Å². The van der Waals surface area contributed by atoms with Crippen molar-refractivity contribution in [2.75, 3.05) is 7.05 Å². The van der Waals surface area contributed by atoms with E-state index in [0.29, 0.717) is 0 Å². The minimum atomic E-state index is 0.202. The Morgan fingerprint density at radius 2 is 2.00 bits per heavy atom. The SMILES string of the molecule is CCc1ccc(C(NC)c2cncn2C)cc1. The molecule has 0 radical (unpaired) electrons. The van der Waals surface area contributed by atoms with E-state index in [1.165, 1.54) is 16.8 Å². The number of hydrogen-bond donors (Lipinski definition) is 1. The van der Waals surface area contributed by atoms with Crippen molar-refractivity contribution < 1.29 is 0 Å². The molecule has 0 saturated carbocycles. The van der Waals surface area contributed by atoms with Gasteiger partial charge in [0.2, 0.25) is 0 Å². The van der Waals surface area contributed by atoms with Crippen molar-refractivity contribution in [3.05, 3.63) is 53.6 Å². The Balaban J connectivity index is 2.32. The summed E-state index contributed by atoms with van der Waals surface area (Å²) in [7, 11) is 4.00. The van der Waals surface area contributed by atoms with Crippen LogP contribution >= 0.6 is 0 Å². The largest absolute Gasteiger partial charge is 0.336 e.